The molecule has 4 atom stereocenters. The lowest BCUT2D eigenvalue weighted by Gasteiger charge is -2.39. The minimum atomic E-state index is -3.88. The Morgan fingerprint density at radius 2 is 1.94 bits per heavy atom. The van der Waals surface area contributed by atoms with Crippen LogP contribution in [-0.4, -0.2) is 69.0 Å². The Morgan fingerprint density at radius 1 is 1.26 bits per heavy atom. The summed E-state index contributed by atoms with van der Waals surface area (Å²) in [4.78, 5) is 40.3. The van der Waals surface area contributed by atoms with Crippen LogP contribution in [0.25, 0.3) is 0 Å². The smallest absolute Gasteiger partial charge is 0.404 e. The van der Waals surface area contributed by atoms with Gasteiger partial charge in [-0.25, -0.2) is 18.4 Å². The molecule has 4 aliphatic rings. The van der Waals surface area contributed by atoms with Crippen LogP contribution in [0.5, 0.6) is 0 Å². The zero-order valence-electron chi connectivity index (χ0n) is 18.3. The van der Waals surface area contributed by atoms with Crippen molar-refractivity contribution in [3.8, 4) is 0 Å². The fraction of sp³-hybridized carbons (Fsp3) is 0.381. The minimum absolute atomic E-state index is 0.0453. The molecule has 0 spiro atoms. The van der Waals surface area contributed by atoms with Crippen LogP contribution in [0.1, 0.15) is 6.92 Å². The lowest BCUT2D eigenvalue weighted by molar-refractivity contribution is -0.137. The molecular formula is C21H23N5O7S. The number of fused-ring (bicyclic) bond motifs is 4. The number of carbonyl (C=O) groups is 3. The molecule has 2 fully saturated rings. The number of nitrogens with two attached hydrogens (primary N) is 2. The van der Waals surface area contributed by atoms with Gasteiger partial charge in [-0.3, -0.25) is 9.59 Å². The summed E-state index contributed by atoms with van der Waals surface area (Å²) in [7, 11) is -2.39. The minimum Gasteiger partial charge on any atom is -0.449 e. The van der Waals surface area contributed by atoms with Gasteiger partial charge >= 0.3 is 6.09 Å². The second-order valence-electron chi connectivity index (χ2n) is 8.61. The SMILES string of the molecule is COC12[C@@H]3N[C@@H]3CN1C1=C(C(=O)C(Nc3ccc(S(N)(=O)=O)cc3)=C(C)C1=O)[C@@H]2COC(N)=O. The molecule has 0 saturated carbocycles. The van der Waals surface area contributed by atoms with E-state index in [1.54, 1.807) is 11.8 Å². The third kappa shape index (κ3) is 3.08. The first-order valence-corrected chi connectivity index (χ1v) is 12.0. The van der Waals surface area contributed by atoms with E-state index in [0.29, 0.717) is 12.2 Å². The van der Waals surface area contributed by atoms with Gasteiger partial charge in [-0.1, -0.05) is 0 Å². The first kappa shape index (κ1) is 22.5. The maximum Gasteiger partial charge on any atom is 0.404 e. The predicted octanol–water partition coefficient (Wildman–Crippen LogP) is -0.850. The number of primary sulfonamides is 1. The van der Waals surface area contributed by atoms with E-state index in [0.717, 1.165) is 0 Å². The largest absolute Gasteiger partial charge is 0.449 e. The lowest BCUT2D eigenvalue weighted by Crippen LogP contribution is -2.55. The monoisotopic (exact) mass is 489 g/mol. The highest BCUT2D eigenvalue weighted by atomic mass is 32.2. The van der Waals surface area contributed by atoms with Crippen molar-refractivity contribution < 1.29 is 32.3 Å². The van der Waals surface area contributed by atoms with Crippen LogP contribution < -0.4 is 21.5 Å². The number of sulfonamides is 1. The molecule has 2 saturated heterocycles. The Kier molecular flexibility index (Phi) is 4.88. The quantitative estimate of drug-likeness (QED) is 0.289. The molecule has 1 aromatic carbocycles. The van der Waals surface area contributed by atoms with Gasteiger partial charge in [-0.2, -0.15) is 0 Å². The molecule has 1 aliphatic carbocycles. The summed E-state index contributed by atoms with van der Waals surface area (Å²) in [6.45, 7) is 1.77. The zero-order chi connectivity index (χ0) is 24.6. The summed E-state index contributed by atoms with van der Waals surface area (Å²) in [5.41, 5.74) is 5.19. The summed E-state index contributed by atoms with van der Waals surface area (Å²) < 4.78 is 34.0. The zero-order valence-corrected chi connectivity index (χ0v) is 19.1. The van der Waals surface area contributed by atoms with Gasteiger partial charge < -0.3 is 30.7 Å². The number of ketones is 2. The van der Waals surface area contributed by atoms with E-state index in [9.17, 15) is 22.8 Å². The molecule has 13 heteroatoms. The molecule has 0 bridgehead atoms. The molecule has 1 aromatic rings. The summed E-state index contributed by atoms with van der Waals surface area (Å²) in [6, 6.07) is 5.42. The Morgan fingerprint density at radius 3 is 2.53 bits per heavy atom. The van der Waals surface area contributed by atoms with Crippen molar-refractivity contribution in [1.29, 1.82) is 0 Å². The number of piperazine rings is 1. The van der Waals surface area contributed by atoms with E-state index in [-0.39, 0.29) is 51.9 Å². The molecule has 1 amide bonds. The summed E-state index contributed by atoms with van der Waals surface area (Å²) in [6.07, 6.45) is -1.00. The number of hydrogen-bond acceptors (Lipinski definition) is 10. The number of nitrogens with zero attached hydrogens (tertiary/aromatic N) is 1. The van der Waals surface area contributed by atoms with Gasteiger partial charge in [0.25, 0.3) is 0 Å². The van der Waals surface area contributed by atoms with Gasteiger partial charge in [0.15, 0.2) is 5.72 Å². The van der Waals surface area contributed by atoms with Gasteiger partial charge in [-0.05, 0) is 31.2 Å². The first-order valence-electron chi connectivity index (χ1n) is 10.5. The molecule has 0 radical (unpaired) electrons. The van der Waals surface area contributed by atoms with E-state index in [2.05, 4.69) is 10.6 Å². The highest BCUT2D eigenvalue weighted by molar-refractivity contribution is 7.89. The molecule has 3 heterocycles. The van der Waals surface area contributed by atoms with Crippen molar-refractivity contribution in [3.05, 3.63) is 46.8 Å². The molecular weight excluding hydrogens is 466 g/mol. The van der Waals surface area contributed by atoms with Gasteiger partial charge in [0.2, 0.25) is 21.6 Å². The first-order chi connectivity index (χ1) is 16.0. The normalized spacial score (nSPS) is 29.7. The van der Waals surface area contributed by atoms with Gasteiger partial charge in [0.1, 0.15) is 6.61 Å². The molecule has 34 heavy (non-hydrogen) atoms. The van der Waals surface area contributed by atoms with E-state index in [1.807, 2.05) is 0 Å². The van der Waals surface area contributed by atoms with Crippen molar-refractivity contribution in [1.82, 2.24) is 10.2 Å². The van der Waals surface area contributed by atoms with Crippen LogP contribution in [0.3, 0.4) is 0 Å². The lowest BCUT2D eigenvalue weighted by atomic mass is 9.82. The van der Waals surface area contributed by atoms with E-state index in [1.165, 1.54) is 31.4 Å². The van der Waals surface area contributed by atoms with Gasteiger partial charge in [-0.15, -0.1) is 0 Å². The van der Waals surface area contributed by atoms with Crippen LogP contribution in [0.4, 0.5) is 10.5 Å². The number of benzene rings is 1. The van der Waals surface area contributed by atoms with Crippen molar-refractivity contribution >= 4 is 33.4 Å². The number of anilines is 1. The number of primary amides is 1. The second-order valence-corrected chi connectivity index (χ2v) is 10.2. The maximum absolute atomic E-state index is 13.7. The average molecular weight is 490 g/mol. The number of rotatable bonds is 6. The molecule has 1 unspecified atom stereocenters. The summed E-state index contributed by atoms with van der Waals surface area (Å²) in [5, 5.41) is 11.4. The third-order valence-corrected chi connectivity index (χ3v) is 7.81. The van der Waals surface area contributed by atoms with Crippen LogP contribution in [0, 0.1) is 5.92 Å². The predicted molar refractivity (Wildman–Crippen MR) is 117 cm³/mol. The number of allylic oxidation sites excluding steroid dienone is 2. The number of amides is 1. The number of Topliss-reactive ketones (excluding diaryl/α,β-unsaturated/α-hetero) is 2. The fourth-order valence-corrected chi connectivity index (χ4v) is 5.83. The van der Waals surface area contributed by atoms with Crippen LogP contribution in [-0.2, 0) is 29.1 Å². The standard InChI is InChI=1S/C21H23N5O7S/c1-9-15(24-10-3-5-11(6-4-10)34(23,30)31)18(28)14-12(8-33-20(22)29)21(32-2)19-13(25-19)7-26(21)16(14)17(9)27/h3-6,12-13,19,24-25H,7-8H2,1-2H3,(H2,22,29)(H2,23,30,31)/t12-,13+,19+,21?/m0/s1. The number of methoxy groups -OCH3 is 1. The fourth-order valence-electron chi connectivity index (χ4n) is 5.31. The number of hydrogen-bond donors (Lipinski definition) is 4. The van der Waals surface area contributed by atoms with Gasteiger partial charge in [0, 0.05) is 36.5 Å². The van der Waals surface area contributed by atoms with Crippen molar-refractivity contribution in [3.63, 3.8) is 0 Å². The van der Waals surface area contributed by atoms with Gasteiger partial charge in [0.05, 0.1) is 28.2 Å². The van der Waals surface area contributed by atoms with Crippen LogP contribution >= 0.6 is 0 Å². The molecule has 6 N–H and O–H groups in total. The summed E-state index contributed by atoms with van der Waals surface area (Å²) in [5.74, 6) is -1.54. The second kappa shape index (κ2) is 7.37. The third-order valence-electron chi connectivity index (χ3n) is 6.88. The highest BCUT2D eigenvalue weighted by Gasteiger charge is 2.72. The number of carbonyl (C=O) groups excluding carboxylic acids is 3. The van der Waals surface area contributed by atoms with Crippen molar-refractivity contribution in [2.24, 2.45) is 16.8 Å². The molecule has 5 rings (SSSR count). The van der Waals surface area contributed by atoms with E-state index < -0.39 is 33.5 Å². The Balaban J connectivity index is 1.52. The van der Waals surface area contributed by atoms with E-state index >= 15 is 0 Å². The molecule has 180 valence electrons. The maximum atomic E-state index is 13.7. The Hall–Kier alpha value is -3.26. The average Bonchev–Trinajstić information content (AvgIpc) is 3.39. The van der Waals surface area contributed by atoms with Crippen molar-refractivity contribution in [2.45, 2.75) is 29.6 Å². The molecule has 12 nitrogen and oxygen atoms in total. The highest BCUT2D eigenvalue weighted by Crippen LogP contribution is 2.55. The molecule has 0 aromatic heterocycles. The summed E-state index contributed by atoms with van der Waals surface area (Å²) >= 11 is 0. The number of ether oxygens (including phenoxy) is 2. The van der Waals surface area contributed by atoms with Crippen LogP contribution in [0.2, 0.25) is 0 Å². The van der Waals surface area contributed by atoms with E-state index in [4.69, 9.17) is 20.3 Å². The molecule has 3 aliphatic heterocycles. The number of nitrogens with one attached hydrogen (secondary N) is 2. The van der Waals surface area contributed by atoms with Crippen LogP contribution in [0.15, 0.2) is 51.7 Å². The Labute approximate surface area is 195 Å². The van der Waals surface area contributed by atoms with Crippen molar-refractivity contribution in [2.75, 3.05) is 25.6 Å². The Bertz CT molecular complexity index is 1300. The topological polar surface area (TPSA) is 193 Å².